The highest BCUT2D eigenvalue weighted by molar-refractivity contribution is 5.89. The molecule has 2 heterocycles. The summed E-state index contributed by atoms with van der Waals surface area (Å²) in [6.07, 6.45) is 7.67. The lowest BCUT2D eigenvalue weighted by Crippen LogP contribution is -2.48. The molecule has 1 aliphatic heterocycles. The Morgan fingerprint density at radius 2 is 2.17 bits per heavy atom. The first-order chi connectivity index (χ1) is 11.3. The summed E-state index contributed by atoms with van der Waals surface area (Å²) in [5.41, 5.74) is 0.703. The molecule has 2 unspecified atom stereocenters. The van der Waals surface area contributed by atoms with E-state index in [1.54, 1.807) is 19.4 Å². The highest BCUT2D eigenvalue weighted by Crippen LogP contribution is 2.36. The van der Waals surface area contributed by atoms with Gasteiger partial charge in [0.2, 0.25) is 5.88 Å². The highest BCUT2D eigenvalue weighted by Gasteiger charge is 2.37. The molecule has 1 aromatic rings. The number of likely N-dealkylation sites (tertiary alicyclic amines) is 1. The van der Waals surface area contributed by atoms with Gasteiger partial charge in [-0.15, -0.1) is 0 Å². The Labute approximate surface area is 137 Å². The number of rotatable bonds is 5. The van der Waals surface area contributed by atoms with Gasteiger partial charge in [0, 0.05) is 25.8 Å². The van der Waals surface area contributed by atoms with Crippen LogP contribution in [0.1, 0.15) is 32.1 Å². The van der Waals surface area contributed by atoms with Crippen molar-refractivity contribution in [3.63, 3.8) is 0 Å². The van der Waals surface area contributed by atoms with Crippen LogP contribution in [-0.4, -0.2) is 48.8 Å². The van der Waals surface area contributed by atoms with Crippen molar-refractivity contribution < 1.29 is 14.3 Å². The van der Waals surface area contributed by atoms with Crippen LogP contribution in [0.2, 0.25) is 0 Å². The van der Waals surface area contributed by atoms with Gasteiger partial charge in [0.25, 0.3) is 0 Å². The van der Waals surface area contributed by atoms with Gasteiger partial charge in [-0.3, -0.25) is 0 Å². The Balaban J connectivity index is 1.55. The zero-order valence-corrected chi connectivity index (χ0v) is 13.7. The Kier molecular flexibility index (Phi) is 5.33. The molecule has 2 atom stereocenters. The summed E-state index contributed by atoms with van der Waals surface area (Å²) in [6.45, 7) is 1.85. The standard InChI is InChI=1S/C17H25N3O3/c1-22-10-11-23-16-8-7-14(12-18-16)19-17(21)20-9-3-5-13-4-2-6-15(13)20/h7-8,12-13,15H,2-6,9-11H2,1H3,(H,19,21). The van der Waals surface area contributed by atoms with Crippen LogP contribution in [0.3, 0.4) is 0 Å². The third kappa shape index (κ3) is 3.93. The van der Waals surface area contributed by atoms with Gasteiger partial charge in [-0.25, -0.2) is 9.78 Å². The number of fused-ring (bicyclic) bond motifs is 1. The number of amides is 2. The van der Waals surface area contributed by atoms with Gasteiger partial charge < -0.3 is 19.7 Å². The average molecular weight is 319 g/mol. The zero-order chi connectivity index (χ0) is 16.1. The smallest absolute Gasteiger partial charge is 0.322 e. The number of nitrogens with zero attached hydrogens (tertiary/aromatic N) is 2. The molecule has 2 fully saturated rings. The van der Waals surface area contributed by atoms with E-state index in [-0.39, 0.29) is 6.03 Å². The van der Waals surface area contributed by atoms with Crippen molar-refractivity contribution in [3.05, 3.63) is 18.3 Å². The minimum atomic E-state index is -0.00329. The lowest BCUT2D eigenvalue weighted by molar-refractivity contribution is 0.138. The van der Waals surface area contributed by atoms with E-state index in [1.165, 1.54) is 19.3 Å². The SMILES string of the molecule is COCCOc1ccc(NC(=O)N2CCCC3CCCC32)cn1. The van der Waals surface area contributed by atoms with Crippen LogP contribution in [0.15, 0.2) is 18.3 Å². The van der Waals surface area contributed by atoms with Crippen LogP contribution in [0, 0.1) is 5.92 Å². The lowest BCUT2D eigenvalue weighted by Gasteiger charge is -2.37. The van der Waals surface area contributed by atoms with Crippen molar-refractivity contribution in [2.45, 2.75) is 38.1 Å². The largest absolute Gasteiger partial charge is 0.475 e. The summed E-state index contributed by atoms with van der Waals surface area (Å²) >= 11 is 0. The third-order valence-electron chi connectivity index (χ3n) is 4.78. The quantitative estimate of drug-likeness (QED) is 0.848. The maximum Gasteiger partial charge on any atom is 0.322 e. The van der Waals surface area contributed by atoms with Gasteiger partial charge in [0.1, 0.15) is 6.61 Å². The van der Waals surface area contributed by atoms with E-state index >= 15 is 0 Å². The third-order valence-corrected chi connectivity index (χ3v) is 4.78. The second-order valence-electron chi connectivity index (χ2n) is 6.25. The molecule has 6 heteroatoms. The maximum absolute atomic E-state index is 12.5. The summed E-state index contributed by atoms with van der Waals surface area (Å²) < 4.78 is 10.3. The molecule has 6 nitrogen and oxygen atoms in total. The monoisotopic (exact) mass is 319 g/mol. The van der Waals surface area contributed by atoms with Crippen molar-refractivity contribution in [2.75, 3.05) is 32.2 Å². The molecular formula is C17H25N3O3. The molecule has 1 aromatic heterocycles. The molecule has 1 saturated carbocycles. The summed E-state index contributed by atoms with van der Waals surface area (Å²) in [5, 5.41) is 2.96. The van der Waals surface area contributed by atoms with Crippen LogP contribution in [-0.2, 0) is 4.74 Å². The van der Waals surface area contributed by atoms with Gasteiger partial charge in [0.15, 0.2) is 0 Å². The molecule has 1 N–H and O–H groups in total. The predicted molar refractivity (Wildman–Crippen MR) is 87.7 cm³/mol. The number of anilines is 1. The van der Waals surface area contributed by atoms with Crippen LogP contribution in [0.25, 0.3) is 0 Å². The minimum absolute atomic E-state index is 0.00329. The molecule has 0 spiro atoms. The second-order valence-corrected chi connectivity index (χ2v) is 6.25. The summed E-state index contributed by atoms with van der Waals surface area (Å²) in [7, 11) is 1.63. The molecule has 23 heavy (non-hydrogen) atoms. The number of ether oxygens (including phenoxy) is 2. The zero-order valence-electron chi connectivity index (χ0n) is 13.7. The number of pyridine rings is 1. The molecule has 126 valence electrons. The van der Waals surface area contributed by atoms with Gasteiger partial charge in [-0.1, -0.05) is 6.42 Å². The molecule has 3 rings (SSSR count). The number of urea groups is 1. The van der Waals surface area contributed by atoms with Crippen LogP contribution >= 0.6 is 0 Å². The molecule has 2 aliphatic rings. The van der Waals surface area contributed by atoms with Crippen molar-refractivity contribution in [2.24, 2.45) is 5.92 Å². The first-order valence-electron chi connectivity index (χ1n) is 8.43. The molecule has 1 aliphatic carbocycles. The van der Waals surface area contributed by atoms with Crippen molar-refractivity contribution in [1.82, 2.24) is 9.88 Å². The molecule has 1 saturated heterocycles. The second kappa shape index (κ2) is 7.64. The van der Waals surface area contributed by atoms with Gasteiger partial charge in [-0.05, 0) is 37.7 Å². The van der Waals surface area contributed by atoms with E-state index in [4.69, 9.17) is 9.47 Å². The van der Waals surface area contributed by atoms with E-state index in [2.05, 4.69) is 10.3 Å². The first-order valence-corrected chi connectivity index (χ1v) is 8.43. The molecular weight excluding hydrogens is 294 g/mol. The number of piperidine rings is 1. The number of nitrogens with one attached hydrogen (secondary N) is 1. The fraction of sp³-hybridized carbons (Fsp3) is 0.647. The van der Waals surface area contributed by atoms with E-state index in [1.807, 2.05) is 11.0 Å². The maximum atomic E-state index is 12.5. The summed E-state index contributed by atoms with van der Waals surface area (Å²) in [6, 6.07) is 4.01. The van der Waals surface area contributed by atoms with E-state index in [0.29, 0.717) is 36.7 Å². The normalized spacial score (nSPS) is 23.4. The van der Waals surface area contributed by atoms with Gasteiger partial charge >= 0.3 is 6.03 Å². The number of hydrogen-bond acceptors (Lipinski definition) is 4. The molecule has 0 radical (unpaired) electrons. The lowest BCUT2D eigenvalue weighted by atomic mass is 9.92. The number of methoxy groups -OCH3 is 1. The first kappa shape index (κ1) is 16.1. The number of hydrogen-bond donors (Lipinski definition) is 1. The van der Waals surface area contributed by atoms with E-state index in [9.17, 15) is 4.79 Å². The van der Waals surface area contributed by atoms with Crippen LogP contribution < -0.4 is 10.1 Å². The number of carbonyl (C=O) groups is 1. The fourth-order valence-corrected chi connectivity index (χ4v) is 3.67. The van der Waals surface area contributed by atoms with Crippen LogP contribution in [0.4, 0.5) is 10.5 Å². The van der Waals surface area contributed by atoms with Crippen molar-refractivity contribution >= 4 is 11.7 Å². The molecule has 2 amide bonds. The molecule has 0 aromatic carbocycles. The minimum Gasteiger partial charge on any atom is -0.475 e. The highest BCUT2D eigenvalue weighted by atomic mass is 16.5. The van der Waals surface area contributed by atoms with Crippen LogP contribution in [0.5, 0.6) is 5.88 Å². The Morgan fingerprint density at radius 3 is 2.96 bits per heavy atom. The average Bonchev–Trinajstić information content (AvgIpc) is 3.05. The number of carbonyl (C=O) groups excluding carboxylic acids is 1. The fourth-order valence-electron chi connectivity index (χ4n) is 3.67. The summed E-state index contributed by atoms with van der Waals surface area (Å²) in [4.78, 5) is 18.8. The van der Waals surface area contributed by atoms with E-state index in [0.717, 1.165) is 19.4 Å². The van der Waals surface area contributed by atoms with Gasteiger partial charge in [-0.2, -0.15) is 0 Å². The Hall–Kier alpha value is -1.82. The Morgan fingerprint density at radius 1 is 1.30 bits per heavy atom. The van der Waals surface area contributed by atoms with E-state index < -0.39 is 0 Å². The van der Waals surface area contributed by atoms with Crippen molar-refractivity contribution in [1.29, 1.82) is 0 Å². The number of aromatic nitrogens is 1. The molecule has 0 bridgehead atoms. The van der Waals surface area contributed by atoms with Crippen molar-refractivity contribution in [3.8, 4) is 5.88 Å². The predicted octanol–water partition coefficient (Wildman–Crippen LogP) is 2.90. The topological polar surface area (TPSA) is 63.7 Å². The van der Waals surface area contributed by atoms with Gasteiger partial charge in [0.05, 0.1) is 18.5 Å². The Bertz CT molecular complexity index is 520. The summed E-state index contributed by atoms with van der Waals surface area (Å²) in [5.74, 6) is 1.23.